The van der Waals surface area contributed by atoms with Crippen LogP contribution in [0.1, 0.15) is 45.2 Å². The van der Waals surface area contributed by atoms with Crippen LogP contribution in [-0.4, -0.2) is 75.2 Å². The molecule has 0 radical (unpaired) electrons. The number of ether oxygens (including phenoxy) is 1. The van der Waals surface area contributed by atoms with Gasteiger partial charge in [-0.25, -0.2) is 4.39 Å². The Morgan fingerprint density at radius 1 is 1.19 bits per heavy atom. The number of hydrogen-bond acceptors (Lipinski definition) is 4. The van der Waals surface area contributed by atoms with Crippen molar-refractivity contribution in [3.63, 3.8) is 0 Å². The SMILES string of the molecule is CCN1CCN(CC(C)CNC(=NC)NC(C)c2ccc(OCC3CC3)c(F)c2)CC1. The lowest BCUT2D eigenvalue weighted by molar-refractivity contribution is 0.124. The van der Waals surface area contributed by atoms with Gasteiger partial charge in [-0.2, -0.15) is 0 Å². The van der Waals surface area contributed by atoms with Crippen molar-refractivity contribution >= 4 is 5.96 Å². The van der Waals surface area contributed by atoms with Gasteiger partial charge in [0.2, 0.25) is 0 Å². The van der Waals surface area contributed by atoms with Crippen LogP contribution in [0.5, 0.6) is 5.75 Å². The summed E-state index contributed by atoms with van der Waals surface area (Å²) in [6.45, 7) is 14.8. The fraction of sp³-hybridized carbons (Fsp3) is 0.708. The first kappa shape index (κ1) is 23.8. The van der Waals surface area contributed by atoms with Crippen molar-refractivity contribution in [3.8, 4) is 5.75 Å². The highest BCUT2D eigenvalue weighted by Gasteiger charge is 2.23. The van der Waals surface area contributed by atoms with E-state index in [1.807, 2.05) is 13.0 Å². The van der Waals surface area contributed by atoms with Gasteiger partial charge in [0.15, 0.2) is 17.5 Å². The molecule has 2 atom stereocenters. The van der Waals surface area contributed by atoms with E-state index in [9.17, 15) is 4.39 Å². The Bertz CT molecular complexity index is 716. The summed E-state index contributed by atoms with van der Waals surface area (Å²) in [7, 11) is 1.77. The van der Waals surface area contributed by atoms with Crippen molar-refractivity contribution in [2.45, 2.75) is 39.7 Å². The zero-order valence-electron chi connectivity index (χ0n) is 19.7. The minimum Gasteiger partial charge on any atom is -0.490 e. The molecule has 0 aromatic heterocycles. The number of likely N-dealkylation sites (N-methyl/N-ethyl adjacent to an activating group) is 1. The molecule has 2 aliphatic rings. The van der Waals surface area contributed by atoms with Gasteiger partial charge in [-0.1, -0.05) is 19.9 Å². The highest BCUT2D eigenvalue weighted by Crippen LogP contribution is 2.30. The first-order valence-corrected chi connectivity index (χ1v) is 11.8. The van der Waals surface area contributed by atoms with E-state index in [1.54, 1.807) is 19.2 Å². The number of nitrogens with one attached hydrogen (secondary N) is 2. The van der Waals surface area contributed by atoms with E-state index in [4.69, 9.17) is 4.74 Å². The molecular formula is C24H40FN5O. The summed E-state index contributed by atoms with van der Waals surface area (Å²) in [4.78, 5) is 9.39. The second-order valence-corrected chi connectivity index (χ2v) is 9.10. The van der Waals surface area contributed by atoms with Gasteiger partial charge in [-0.3, -0.25) is 4.99 Å². The molecule has 1 saturated carbocycles. The molecule has 1 aromatic rings. The van der Waals surface area contributed by atoms with Gasteiger partial charge in [0.1, 0.15) is 0 Å². The summed E-state index contributed by atoms with van der Waals surface area (Å²) in [6.07, 6.45) is 2.39. The highest BCUT2D eigenvalue weighted by atomic mass is 19.1. The van der Waals surface area contributed by atoms with Crippen LogP contribution in [0.3, 0.4) is 0 Å². The van der Waals surface area contributed by atoms with Crippen LogP contribution in [0.2, 0.25) is 0 Å². The van der Waals surface area contributed by atoms with Crippen LogP contribution >= 0.6 is 0 Å². The van der Waals surface area contributed by atoms with Crippen molar-refractivity contribution in [1.29, 1.82) is 0 Å². The molecule has 0 bridgehead atoms. The molecule has 174 valence electrons. The Kier molecular flexibility index (Phi) is 8.96. The Hall–Kier alpha value is -1.86. The normalized spacial score (nSPS) is 20.4. The first-order valence-electron chi connectivity index (χ1n) is 11.8. The molecule has 7 heteroatoms. The lowest BCUT2D eigenvalue weighted by Crippen LogP contribution is -2.48. The Balaban J connectivity index is 1.42. The fourth-order valence-corrected chi connectivity index (χ4v) is 3.94. The number of benzene rings is 1. The lowest BCUT2D eigenvalue weighted by Gasteiger charge is -2.35. The monoisotopic (exact) mass is 433 g/mol. The van der Waals surface area contributed by atoms with Gasteiger partial charge in [0, 0.05) is 46.3 Å². The summed E-state index contributed by atoms with van der Waals surface area (Å²) >= 11 is 0. The van der Waals surface area contributed by atoms with Crippen molar-refractivity contribution < 1.29 is 9.13 Å². The van der Waals surface area contributed by atoms with E-state index in [0.29, 0.717) is 24.2 Å². The van der Waals surface area contributed by atoms with Gasteiger partial charge < -0.3 is 25.2 Å². The molecule has 1 aromatic carbocycles. The van der Waals surface area contributed by atoms with E-state index < -0.39 is 0 Å². The second-order valence-electron chi connectivity index (χ2n) is 9.10. The molecule has 1 aliphatic carbocycles. The largest absolute Gasteiger partial charge is 0.490 e. The van der Waals surface area contributed by atoms with Crippen LogP contribution < -0.4 is 15.4 Å². The number of halogens is 1. The molecule has 2 unspecified atom stereocenters. The molecular weight excluding hydrogens is 393 g/mol. The molecule has 0 spiro atoms. The maximum Gasteiger partial charge on any atom is 0.191 e. The number of aliphatic imine (C=N–C) groups is 1. The number of rotatable bonds is 10. The van der Waals surface area contributed by atoms with Crippen molar-refractivity contribution in [1.82, 2.24) is 20.4 Å². The quantitative estimate of drug-likeness (QED) is 0.439. The Morgan fingerprint density at radius 3 is 2.52 bits per heavy atom. The van der Waals surface area contributed by atoms with Crippen LogP contribution in [-0.2, 0) is 0 Å². The van der Waals surface area contributed by atoms with E-state index >= 15 is 0 Å². The van der Waals surface area contributed by atoms with Gasteiger partial charge in [-0.15, -0.1) is 0 Å². The summed E-state index contributed by atoms with van der Waals surface area (Å²) in [6, 6.07) is 5.16. The minimum absolute atomic E-state index is 0.0596. The lowest BCUT2D eigenvalue weighted by atomic mass is 10.1. The Morgan fingerprint density at radius 2 is 1.90 bits per heavy atom. The molecule has 3 rings (SSSR count). The van der Waals surface area contributed by atoms with Crippen molar-refractivity contribution in [3.05, 3.63) is 29.6 Å². The summed E-state index contributed by atoms with van der Waals surface area (Å²) in [5, 5.41) is 6.80. The molecule has 31 heavy (non-hydrogen) atoms. The summed E-state index contributed by atoms with van der Waals surface area (Å²) < 4.78 is 20.0. The molecule has 0 amide bonds. The summed E-state index contributed by atoms with van der Waals surface area (Å²) in [5.74, 6) is 1.91. The minimum atomic E-state index is -0.300. The maximum atomic E-state index is 14.4. The number of guanidine groups is 1. The summed E-state index contributed by atoms with van der Waals surface area (Å²) in [5.41, 5.74) is 0.876. The molecule has 2 N–H and O–H groups in total. The number of piperazine rings is 1. The molecule has 6 nitrogen and oxygen atoms in total. The molecule has 1 saturated heterocycles. The third-order valence-electron chi connectivity index (χ3n) is 6.30. The fourth-order valence-electron chi connectivity index (χ4n) is 3.94. The van der Waals surface area contributed by atoms with E-state index in [2.05, 4.69) is 39.3 Å². The molecule has 1 aliphatic heterocycles. The third kappa shape index (κ3) is 7.65. The van der Waals surface area contributed by atoms with Gasteiger partial charge in [0.05, 0.1) is 12.6 Å². The van der Waals surface area contributed by atoms with Gasteiger partial charge >= 0.3 is 0 Å². The van der Waals surface area contributed by atoms with E-state index in [0.717, 1.165) is 44.2 Å². The topological polar surface area (TPSA) is 52.1 Å². The second kappa shape index (κ2) is 11.7. The van der Waals surface area contributed by atoms with Gasteiger partial charge in [-0.05, 0) is 55.8 Å². The highest BCUT2D eigenvalue weighted by molar-refractivity contribution is 5.80. The Labute approximate surface area is 187 Å². The van der Waals surface area contributed by atoms with Crippen LogP contribution in [0.4, 0.5) is 4.39 Å². The van der Waals surface area contributed by atoms with Crippen molar-refractivity contribution in [2.75, 3.05) is 59.5 Å². The smallest absolute Gasteiger partial charge is 0.191 e. The number of hydrogen-bond donors (Lipinski definition) is 2. The van der Waals surface area contributed by atoms with E-state index in [1.165, 1.54) is 25.9 Å². The van der Waals surface area contributed by atoms with Crippen LogP contribution in [0, 0.1) is 17.7 Å². The predicted molar refractivity (Wildman–Crippen MR) is 125 cm³/mol. The van der Waals surface area contributed by atoms with Crippen LogP contribution in [0.25, 0.3) is 0 Å². The number of nitrogens with zero attached hydrogens (tertiary/aromatic N) is 3. The third-order valence-corrected chi connectivity index (χ3v) is 6.30. The molecule has 2 fully saturated rings. The first-order chi connectivity index (χ1) is 15.0. The van der Waals surface area contributed by atoms with E-state index in [-0.39, 0.29) is 11.9 Å². The van der Waals surface area contributed by atoms with Gasteiger partial charge in [0.25, 0.3) is 0 Å². The van der Waals surface area contributed by atoms with Crippen molar-refractivity contribution in [2.24, 2.45) is 16.8 Å². The standard InChI is InChI=1S/C24H40FN5O/c1-5-29-10-12-30(13-11-29)16-18(2)15-27-24(26-4)28-19(3)21-8-9-23(22(25)14-21)31-17-20-6-7-20/h8-9,14,18-20H,5-7,10-13,15-17H2,1-4H3,(H2,26,27,28). The predicted octanol–water partition coefficient (Wildman–Crippen LogP) is 3.11. The zero-order chi connectivity index (χ0) is 22.2. The average molecular weight is 434 g/mol. The maximum absolute atomic E-state index is 14.4. The zero-order valence-corrected chi connectivity index (χ0v) is 19.7. The van der Waals surface area contributed by atoms with Crippen LogP contribution in [0.15, 0.2) is 23.2 Å². The average Bonchev–Trinajstić information content (AvgIpc) is 3.60. The molecule has 1 heterocycles.